The average Bonchev–Trinajstić information content (AvgIpc) is 2.45. The third kappa shape index (κ3) is 4.92. The van der Waals surface area contributed by atoms with E-state index in [9.17, 15) is 0 Å². The van der Waals surface area contributed by atoms with Crippen LogP contribution in [0.4, 0.5) is 0 Å². The van der Waals surface area contributed by atoms with Gasteiger partial charge in [0.2, 0.25) is 0 Å². The molecule has 1 atom stereocenters. The van der Waals surface area contributed by atoms with Gasteiger partial charge in [-0.2, -0.15) is 0 Å². The molecule has 1 unspecified atom stereocenters. The van der Waals surface area contributed by atoms with E-state index in [1.54, 1.807) is 0 Å². The molecule has 1 aromatic rings. The Kier molecular flexibility index (Phi) is 6.06. The molecule has 1 heterocycles. The fourth-order valence-corrected chi connectivity index (χ4v) is 2.96. The van der Waals surface area contributed by atoms with Crippen LogP contribution in [0.1, 0.15) is 50.3 Å². The molecule has 20 heavy (non-hydrogen) atoms. The van der Waals surface area contributed by atoms with Gasteiger partial charge in [0, 0.05) is 6.04 Å². The second kappa shape index (κ2) is 7.80. The topological polar surface area (TPSA) is 15.3 Å². The van der Waals surface area contributed by atoms with Gasteiger partial charge in [-0.3, -0.25) is 0 Å². The molecule has 1 aliphatic heterocycles. The van der Waals surface area contributed by atoms with E-state index in [1.807, 2.05) is 0 Å². The maximum absolute atomic E-state index is 3.65. The van der Waals surface area contributed by atoms with E-state index >= 15 is 0 Å². The first-order chi connectivity index (χ1) is 9.65. The van der Waals surface area contributed by atoms with Crippen molar-refractivity contribution < 1.29 is 0 Å². The van der Waals surface area contributed by atoms with Crippen LogP contribution < -0.4 is 5.32 Å². The van der Waals surface area contributed by atoms with Gasteiger partial charge in [-0.1, -0.05) is 36.8 Å². The summed E-state index contributed by atoms with van der Waals surface area (Å²) in [6.45, 7) is 11.8. The zero-order valence-corrected chi connectivity index (χ0v) is 13.4. The maximum atomic E-state index is 3.65. The summed E-state index contributed by atoms with van der Waals surface area (Å²) >= 11 is 0. The number of benzene rings is 1. The molecule has 0 aliphatic carbocycles. The van der Waals surface area contributed by atoms with Crippen LogP contribution in [0.15, 0.2) is 24.3 Å². The fourth-order valence-electron chi connectivity index (χ4n) is 2.96. The smallest absolute Gasteiger partial charge is 0.0291 e. The molecule has 0 aromatic heterocycles. The molecule has 0 saturated carbocycles. The van der Waals surface area contributed by atoms with Crippen LogP contribution in [0.3, 0.4) is 0 Å². The van der Waals surface area contributed by atoms with Crippen LogP contribution in [0.25, 0.3) is 0 Å². The summed E-state index contributed by atoms with van der Waals surface area (Å²) in [5.41, 5.74) is 2.75. The molecular formula is C18H30N2. The van der Waals surface area contributed by atoms with Crippen LogP contribution in [-0.4, -0.2) is 31.1 Å². The Morgan fingerprint density at radius 2 is 2.05 bits per heavy atom. The molecular weight excluding hydrogens is 244 g/mol. The standard InChI is InChI=1S/C18H30N2/c1-15-8-12-20(13-9-15)11-5-10-19-17(3)18-7-4-6-16(2)14-18/h4,6-7,14-15,17,19H,5,8-13H2,1-3H3. The van der Waals surface area contributed by atoms with Gasteiger partial charge in [-0.25, -0.2) is 0 Å². The molecule has 1 saturated heterocycles. The van der Waals surface area contributed by atoms with E-state index in [0.717, 1.165) is 12.5 Å². The number of rotatable bonds is 6. The molecule has 112 valence electrons. The minimum Gasteiger partial charge on any atom is -0.310 e. The lowest BCUT2D eigenvalue weighted by atomic mass is 9.99. The van der Waals surface area contributed by atoms with Crippen LogP contribution >= 0.6 is 0 Å². The highest BCUT2D eigenvalue weighted by molar-refractivity contribution is 5.24. The SMILES string of the molecule is Cc1cccc(C(C)NCCCN2CCC(C)CC2)c1. The number of aryl methyl sites for hydroxylation is 1. The van der Waals surface area contributed by atoms with Gasteiger partial charge in [0.15, 0.2) is 0 Å². The highest BCUT2D eigenvalue weighted by Crippen LogP contribution is 2.16. The van der Waals surface area contributed by atoms with E-state index in [2.05, 4.69) is 55.3 Å². The van der Waals surface area contributed by atoms with Gasteiger partial charge >= 0.3 is 0 Å². The Morgan fingerprint density at radius 1 is 1.30 bits per heavy atom. The lowest BCUT2D eigenvalue weighted by Gasteiger charge is -2.30. The van der Waals surface area contributed by atoms with Crippen molar-refractivity contribution in [2.24, 2.45) is 5.92 Å². The van der Waals surface area contributed by atoms with Crippen molar-refractivity contribution in [1.29, 1.82) is 0 Å². The van der Waals surface area contributed by atoms with Crippen molar-refractivity contribution in [3.8, 4) is 0 Å². The molecule has 0 radical (unpaired) electrons. The molecule has 0 spiro atoms. The van der Waals surface area contributed by atoms with Crippen molar-refractivity contribution in [2.75, 3.05) is 26.2 Å². The Balaban J connectivity index is 1.63. The van der Waals surface area contributed by atoms with Crippen LogP contribution in [0.2, 0.25) is 0 Å². The van der Waals surface area contributed by atoms with Gasteiger partial charge in [0.1, 0.15) is 0 Å². The molecule has 1 aliphatic rings. The summed E-state index contributed by atoms with van der Waals surface area (Å²) in [5, 5.41) is 3.65. The average molecular weight is 274 g/mol. The summed E-state index contributed by atoms with van der Waals surface area (Å²) in [4.78, 5) is 2.62. The third-order valence-corrected chi connectivity index (χ3v) is 4.52. The van der Waals surface area contributed by atoms with Crippen LogP contribution in [-0.2, 0) is 0 Å². The molecule has 0 bridgehead atoms. The number of hydrogen-bond acceptors (Lipinski definition) is 2. The maximum Gasteiger partial charge on any atom is 0.0291 e. The van der Waals surface area contributed by atoms with Crippen molar-refractivity contribution >= 4 is 0 Å². The van der Waals surface area contributed by atoms with E-state index in [1.165, 1.54) is 50.0 Å². The predicted molar refractivity (Wildman–Crippen MR) is 87.1 cm³/mol. The normalized spacial score (nSPS) is 19.1. The van der Waals surface area contributed by atoms with Crippen LogP contribution in [0, 0.1) is 12.8 Å². The summed E-state index contributed by atoms with van der Waals surface area (Å²) < 4.78 is 0. The number of likely N-dealkylation sites (tertiary alicyclic amines) is 1. The Morgan fingerprint density at radius 3 is 2.75 bits per heavy atom. The summed E-state index contributed by atoms with van der Waals surface area (Å²) in [7, 11) is 0. The van der Waals surface area contributed by atoms with Gasteiger partial charge in [-0.15, -0.1) is 0 Å². The number of hydrogen-bond donors (Lipinski definition) is 1. The molecule has 2 heteroatoms. The highest BCUT2D eigenvalue weighted by atomic mass is 15.1. The van der Waals surface area contributed by atoms with Crippen molar-refractivity contribution in [2.45, 2.75) is 46.1 Å². The first kappa shape index (κ1) is 15.5. The minimum atomic E-state index is 0.455. The van der Waals surface area contributed by atoms with E-state index in [0.29, 0.717) is 6.04 Å². The third-order valence-electron chi connectivity index (χ3n) is 4.52. The number of nitrogens with one attached hydrogen (secondary N) is 1. The largest absolute Gasteiger partial charge is 0.310 e. The monoisotopic (exact) mass is 274 g/mol. The lowest BCUT2D eigenvalue weighted by molar-refractivity contribution is 0.190. The quantitative estimate of drug-likeness (QED) is 0.794. The molecule has 0 amide bonds. The Labute approximate surface area is 124 Å². The fraction of sp³-hybridized carbons (Fsp3) is 0.667. The zero-order chi connectivity index (χ0) is 14.4. The molecule has 2 rings (SSSR count). The van der Waals surface area contributed by atoms with Gasteiger partial charge in [-0.05, 0) is 70.8 Å². The molecule has 1 N–H and O–H groups in total. The summed E-state index contributed by atoms with van der Waals surface area (Å²) in [5.74, 6) is 0.936. The van der Waals surface area contributed by atoms with Gasteiger partial charge in [0.25, 0.3) is 0 Å². The summed E-state index contributed by atoms with van der Waals surface area (Å²) in [6.07, 6.45) is 4.02. The van der Waals surface area contributed by atoms with Crippen molar-refractivity contribution in [3.05, 3.63) is 35.4 Å². The van der Waals surface area contributed by atoms with Crippen LogP contribution in [0.5, 0.6) is 0 Å². The molecule has 1 aromatic carbocycles. The molecule has 1 fully saturated rings. The van der Waals surface area contributed by atoms with Crippen molar-refractivity contribution in [1.82, 2.24) is 10.2 Å². The van der Waals surface area contributed by atoms with Gasteiger partial charge in [0.05, 0.1) is 0 Å². The second-order valence-electron chi connectivity index (χ2n) is 6.47. The zero-order valence-electron chi connectivity index (χ0n) is 13.4. The van der Waals surface area contributed by atoms with E-state index in [4.69, 9.17) is 0 Å². The molecule has 2 nitrogen and oxygen atoms in total. The van der Waals surface area contributed by atoms with Gasteiger partial charge < -0.3 is 10.2 Å². The van der Waals surface area contributed by atoms with E-state index in [-0.39, 0.29) is 0 Å². The second-order valence-corrected chi connectivity index (χ2v) is 6.47. The first-order valence-electron chi connectivity index (χ1n) is 8.17. The number of piperidine rings is 1. The van der Waals surface area contributed by atoms with Crippen molar-refractivity contribution in [3.63, 3.8) is 0 Å². The minimum absolute atomic E-state index is 0.455. The number of nitrogens with zero attached hydrogens (tertiary/aromatic N) is 1. The highest BCUT2D eigenvalue weighted by Gasteiger charge is 2.14. The lowest BCUT2D eigenvalue weighted by Crippen LogP contribution is -2.35. The first-order valence-corrected chi connectivity index (χ1v) is 8.17. The Hall–Kier alpha value is -0.860. The summed E-state index contributed by atoms with van der Waals surface area (Å²) in [6, 6.07) is 9.27. The van der Waals surface area contributed by atoms with E-state index < -0.39 is 0 Å². The predicted octanol–water partition coefficient (Wildman–Crippen LogP) is 3.77. The Bertz CT molecular complexity index is 394.